The molecular formula is C12H21N3O2S3. The number of hydrogen-bond acceptors (Lipinski definition) is 8. The Morgan fingerprint density at radius 2 is 2.10 bits per heavy atom. The monoisotopic (exact) mass is 335 g/mol. The van der Waals surface area contributed by atoms with E-state index >= 15 is 0 Å². The summed E-state index contributed by atoms with van der Waals surface area (Å²) in [5.41, 5.74) is -0.664. The molecular weight excluding hydrogens is 314 g/mol. The fraction of sp³-hybridized carbons (Fsp3) is 0.750. The molecule has 114 valence electrons. The van der Waals surface area contributed by atoms with Crippen LogP contribution in [-0.2, 0) is 9.53 Å². The molecule has 1 aromatic rings. The number of nitrogens with zero attached hydrogens (tertiary/aromatic N) is 2. The molecule has 0 bridgehead atoms. The molecule has 0 aliphatic carbocycles. The SMILES string of the molecule is COC(=O)C(C)(CCSc1nnc(SC)s1)NC(C)C. The Balaban J connectivity index is 2.55. The first-order valence-corrected chi connectivity index (χ1v) is 9.30. The maximum absolute atomic E-state index is 11.9. The van der Waals surface area contributed by atoms with Crippen LogP contribution >= 0.6 is 34.9 Å². The predicted octanol–water partition coefficient (Wildman–Crippen LogP) is 2.67. The van der Waals surface area contributed by atoms with Gasteiger partial charge in [0.15, 0.2) is 8.68 Å². The van der Waals surface area contributed by atoms with Crippen LogP contribution in [0.25, 0.3) is 0 Å². The third kappa shape index (κ3) is 5.23. The van der Waals surface area contributed by atoms with Crippen molar-refractivity contribution in [2.75, 3.05) is 19.1 Å². The molecule has 0 aliphatic rings. The van der Waals surface area contributed by atoms with Crippen molar-refractivity contribution in [3.63, 3.8) is 0 Å². The number of nitrogens with one attached hydrogen (secondary N) is 1. The zero-order chi connectivity index (χ0) is 15.2. The highest BCUT2D eigenvalue weighted by atomic mass is 32.2. The normalized spacial score (nSPS) is 14.3. The van der Waals surface area contributed by atoms with E-state index in [1.165, 1.54) is 7.11 Å². The summed E-state index contributed by atoms with van der Waals surface area (Å²) in [6, 6.07) is 0.216. The minimum absolute atomic E-state index is 0.216. The van der Waals surface area contributed by atoms with Crippen molar-refractivity contribution in [2.24, 2.45) is 0 Å². The van der Waals surface area contributed by atoms with Crippen molar-refractivity contribution in [1.29, 1.82) is 0 Å². The van der Waals surface area contributed by atoms with Crippen LogP contribution in [0.2, 0.25) is 0 Å². The van der Waals surface area contributed by atoms with Gasteiger partial charge in [0.25, 0.3) is 0 Å². The van der Waals surface area contributed by atoms with Gasteiger partial charge in [-0.25, -0.2) is 0 Å². The summed E-state index contributed by atoms with van der Waals surface area (Å²) in [7, 11) is 1.42. The lowest BCUT2D eigenvalue weighted by atomic mass is 9.98. The summed E-state index contributed by atoms with van der Waals surface area (Å²) in [6.45, 7) is 5.92. The van der Waals surface area contributed by atoms with E-state index in [2.05, 4.69) is 15.5 Å². The highest BCUT2D eigenvalue weighted by molar-refractivity contribution is 8.02. The third-order valence-electron chi connectivity index (χ3n) is 2.63. The van der Waals surface area contributed by atoms with Crippen LogP contribution in [-0.4, -0.2) is 46.9 Å². The first kappa shape index (κ1) is 17.7. The highest BCUT2D eigenvalue weighted by Gasteiger charge is 2.34. The molecule has 1 heterocycles. The maximum Gasteiger partial charge on any atom is 0.325 e. The first-order valence-electron chi connectivity index (χ1n) is 6.27. The zero-order valence-corrected chi connectivity index (χ0v) is 14.9. The lowest BCUT2D eigenvalue weighted by Gasteiger charge is -2.29. The van der Waals surface area contributed by atoms with Gasteiger partial charge in [-0.15, -0.1) is 10.2 Å². The second-order valence-corrected chi connectivity index (χ2v) is 8.13. The molecule has 1 unspecified atom stereocenters. The van der Waals surface area contributed by atoms with Gasteiger partial charge in [0.2, 0.25) is 0 Å². The summed E-state index contributed by atoms with van der Waals surface area (Å²) in [5, 5.41) is 11.4. The summed E-state index contributed by atoms with van der Waals surface area (Å²) in [6.07, 6.45) is 2.66. The van der Waals surface area contributed by atoms with E-state index in [1.807, 2.05) is 27.0 Å². The zero-order valence-electron chi connectivity index (χ0n) is 12.4. The fourth-order valence-corrected chi connectivity index (χ4v) is 4.45. The minimum atomic E-state index is -0.664. The Bertz CT molecular complexity index is 439. The number of rotatable bonds is 8. The van der Waals surface area contributed by atoms with Crippen LogP contribution in [0.5, 0.6) is 0 Å². The van der Waals surface area contributed by atoms with Crippen LogP contribution in [0.15, 0.2) is 8.68 Å². The van der Waals surface area contributed by atoms with Crippen molar-refractivity contribution in [3.8, 4) is 0 Å². The summed E-state index contributed by atoms with van der Waals surface area (Å²) in [5.74, 6) is 0.558. The fourth-order valence-electron chi connectivity index (χ4n) is 1.78. The molecule has 0 spiro atoms. The molecule has 5 nitrogen and oxygen atoms in total. The van der Waals surface area contributed by atoms with Crippen molar-refractivity contribution in [1.82, 2.24) is 15.5 Å². The average molecular weight is 336 g/mol. The number of carbonyl (C=O) groups excluding carboxylic acids is 1. The second kappa shape index (κ2) is 8.21. The molecule has 1 atom stereocenters. The number of methoxy groups -OCH3 is 1. The van der Waals surface area contributed by atoms with E-state index in [0.29, 0.717) is 6.42 Å². The molecule has 0 radical (unpaired) electrons. The number of hydrogen-bond donors (Lipinski definition) is 1. The third-order valence-corrected chi connectivity index (χ3v) is 5.67. The van der Waals surface area contributed by atoms with Gasteiger partial charge in [0.05, 0.1) is 7.11 Å². The van der Waals surface area contributed by atoms with Crippen LogP contribution in [0, 0.1) is 0 Å². The summed E-state index contributed by atoms with van der Waals surface area (Å²) < 4.78 is 6.80. The number of ether oxygens (including phenoxy) is 1. The largest absolute Gasteiger partial charge is 0.468 e. The van der Waals surface area contributed by atoms with E-state index in [-0.39, 0.29) is 12.0 Å². The molecule has 1 rings (SSSR count). The van der Waals surface area contributed by atoms with Crippen molar-refractivity contribution in [2.45, 2.75) is 47.5 Å². The Labute approximate surface area is 132 Å². The van der Waals surface area contributed by atoms with Gasteiger partial charge in [-0.3, -0.25) is 10.1 Å². The lowest BCUT2D eigenvalue weighted by molar-refractivity contribution is -0.148. The van der Waals surface area contributed by atoms with Gasteiger partial charge < -0.3 is 4.74 Å². The lowest BCUT2D eigenvalue weighted by Crippen LogP contribution is -2.53. The second-order valence-electron chi connectivity index (χ2n) is 4.76. The van der Waals surface area contributed by atoms with E-state index in [1.54, 1.807) is 34.9 Å². The van der Waals surface area contributed by atoms with Crippen molar-refractivity contribution >= 4 is 40.8 Å². The molecule has 8 heteroatoms. The molecule has 0 aromatic carbocycles. The van der Waals surface area contributed by atoms with E-state index in [4.69, 9.17) is 4.74 Å². The summed E-state index contributed by atoms with van der Waals surface area (Å²) in [4.78, 5) is 11.9. The Kier molecular flexibility index (Phi) is 7.28. The summed E-state index contributed by atoms with van der Waals surface area (Å²) >= 11 is 4.79. The quantitative estimate of drug-likeness (QED) is 0.579. The van der Waals surface area contributed by atoms with Gasteiger partial charge in [-0.1, -0.05) is 34.9 Å². The standard InChI is InChI=1S/C12H21N3O2S3/c1-8(2)13-12(3,9(16)17-4)6-7-19-11-15-14-10(18-5)20-11/h8,13H,6-7H2,1-5H3. The topological polar surface area (TPSA) is 64.1 Å². The molecule has 0 saturated heterocycles. The predicted molar refractivity (Wildman–Crippen MR) is 85.7 cm³/mol. The average Bonchev–Trinajstić information content (AvgIpc) is 2.84. The number of carbonyl (C=O) groups is 1. The van der Waals surface area contributed by atoms with Gasteiger partial charge in [-0.05, 0) is 33.4 Å². The molecule has 1 aromatic heterocycles. The molecule has 0 fully saturated rings. The van der Waals surface area contributed by atoms with E-state index in [0.717, 1.165) is 14.4 Å². The molecule has 0 amide bonds. The molecule has 20 heavy (non-hydrogen) atoms. The minimum Gasteiger partial charge on any atom is -0.468 e. The van der Waals surface area contributed by atoms with Crippen LogP contribution < -0.4 is 5.32 Å². The Hall–Kier alpha value is -0.310. The van der Waals surface area contributed by atoms with Crippen LogP contribution in [0.3, 0.4) is 0 Å². The van der Waals surface area contributed by atoms with Crippen LogP contribution in [0.1, 0.15) is 27.2 Å². The van der Waals surface area contributed by atoms with Gasteiger partial charge in [0.1, 0.15) is 5.54 Å². The number of esters is 1. The molecule has 0 saturated carbocycles. The maximum atomic E-state index is 11.9. The highest BCUT2D eigenvalue weighted by Crippen LogP contribution is 2.29. The first-order chi connectivity index (χ1) is 9.41. The smallest absolute Gasteiger partial charge is 0.325 e. The van der Waals surface area contributed by atoms with E-state index < -0.39 is 5.54 Å². The van der Waals surface area contributed by atoms with E-state index in [9.17, 15) is 4.79 Å². The van der Waals surface area contributed by atoms with Gasteiger partial charge in [0, 0.05) is 11.8 Å². The Morgan fingerprint density at radius 3 is 2.60 bits per heavy atom. The van der Waals surface area contributed by atoms with Crippen molar-refractivity contribution in [3.05, 3.63) is 0 Å². The van der Waals surface area contributed by atoms with Gasteiger partial charge in [-0.2, -0.15) is 0 Å². The van der Waals surface area contributed by atoms with Crippen LogP contribution in [0.4, 0.5) is 0 Å². The molecule has 1 N–H and O–H groups in total. The number of aromatic nitrogens is 2. The Morgan fingerprint density at radius 1 is 1.45 bits per heavy atom. The van der Waals surface area contributed by atoms with Gasteiger partial charge >= 0.3 is 5.97 Å². The van der Waals surface area contributed by atoms with Crippen molar-refractivity contribution < 1.29 is 9.53 Å². The number of thioether (sulfide) groups is 2. The molecule has 0 aliphatic heterocycles.